The van der Waals surface area contributed by atoms with Gasteiger partial charge in [-0.05, 0) is 37.1 Å². The Morgan fingerprint density at radius 3 is 2.47 bits per heavy atom. The predicted molar refractivity (Wildman–Crippen MR) is 67.0 cm³/mol. The number of likely N-dealkylation sites (N-methyl/N-ethyl adjacent to an activating group) is 1. The highest BCUT2D eigenvalue weighted by atomic mass is 19.4. The van der Waals surface area contributed by atoms with E-state index in [0.717, 1.165) is 37.3 Å². The molecule has 2 nitrogen and oxygen atoms in total. The molecule has 2 atom stereocenters. The number of ether oxygens (including phenoxy) is 1. The molecule has 0 spiro atoms. The first-order chi connectivity index (χ1) is 9.02. The molecule has 19 heavy (non-hydrogen) atoms. The minimum Gasteiger partial charge on any atom is -0.381 e. The minimum absolute atomic E-state index is 0.204. The van der Waals surface area contributed by atoms with Crippen molar-refractivity contribution in [2.45, 2.75) is 18.5 Å². The molecule has 1 aliphatic heterocycles. The molecule has 0 saturated carbocycles. The van der Waals surface area contributed by atoms with Crippen molar-refractivity contribution in [3.63, 3.8) is 0 Å². The number of rotatable bonds is 4. The van der Waals surface area contributed by atoms with Crippen molar-refractivity contribution in [2.24, 2.45) is 5.92 Å². The van der Waals surface area contributed by atoms with E-state index in [4.69, 9.17) is 4.74 Å². The van der Waals surface area contributed by atoms with Crippen LogP contribution >= 0.6 is 0 Å². The van der Waals surface area contributed by atoms with Crippen LogP contribution in [0.5, 0.6) is 0 Å². The Kier molecular flexibility index (Phi) is 4.47. The average molecular weight is 273 g/mol. The fourth-order valence-corrected chi connectivity index (χ4v) is 2.57. The highest BCUT2D eigenvalue weighted by molar-refractivity contribution is 5.28. The van der Waals surface area contributed by atoms with Crippen molar-refractivity contribution < 1.29 is 17.9 Å². The van der Waals surface area contributed by atoms with E-state index in [2.05, 4.69) is 5.32 Å². The molecule has 1 fully saturated rings. The van der Waals surface area contributed by atoms with Crippen LogP contribution in [-0.4, -0.2) is 26.8 Å². The molecule has 2 rings (SSSR count). The summed E-state index contributed by atoms with van der Waals surface area (Å²) in [7, 11) is 1.85. The van der Waals surface area contributed by atoms with E-state index in [1.165, 1.54) is 0 Å². The summed E-state index contributed by atoms with van der Waals surface area (Å²) in [6.45, 7) is 2.18. The smallest absolute Gasteiger partial charge is 0.381 e. The molecule has 1 heterocycles. The van der Waals surface area contributed by atoms with E-state index in [1.807, 2.05) is 7.05 Å². The predicted octanol–water partition coefficient (Wildman–Crippen LogP) is 3.04. The number of nitrogens with one attached hydrogen (secondary N) is 1. The third kappa shape index (κ3) is 3.48. The molecular formula is C14H18F3NO. The molecule has 1 saturated heterocycles. The lowest BCUT2D eigenvalue weighted by Crippen LogP contribution is -2.24. The van der Waals surface area contributed by atoms with E-state index < -0.39 is 11.7 Å². The summed E-state index contributed by atoms with van der Waals surface area (Å²) in [6, 6.07) is 5.49. The van der Waals surface area contributed by atoms with Gasteiger partial charge in [-0.15, -0.1) is 0 Å². The van der Waals surface area contributed by atoms with Crippen LogP contribution in [0.4, 0.5) is 13.2 Å². The van der Waals surface area contributed by atoms with Crippen LogP contribution in [0.15, 0.2) is 24.3 Å². The van der Waals surface area contributed by atoms with Crippen molar-refractivity contribution in [1.29, 1.82) is 0 Å². The molecule has 2 unspecified atom stereocenters. The third-order valence-corrected chi connectivity index (χ3v) is 3.62. The maximum absolute atomic E-state index is 12.5. The summed E-state index contributed by atoms with van der Waals surface area (Å²) in [4.78, 5) is 0. The first-order valence-electron chi connectivity index (χ1n) is 6.42. The Labute approximate surface area is 111 Å². The Morgan fingerprint density at radius 1 is 1.32 bits per heavy atom. The van der Waals surface area contributed by atoms with Crippen molar-refractivity contribution in [1.82, 2.24) is 5.32 Å². The molecule has 0 radical (unpaired) electrons. The number of halogens is 3. The number of hydrogen-bond acceptors (Lipinski definition) is 2. The second kappa shape index (κ2) is 5.92. The van der Waals surface area contributed by atoms with Gasteiger partial charge in [-0.2, -0.15) is 13.2 Å². The Hall–Kier alpha value is -1.07. The lowest BCUT2D eigenvalue weighted by molar-refractivity contribution is -0.137. The van der Waals surface area contributed by atoms with Crippen LogP contribution < -0.4 is 5.32 Å². The summed E-state index contributed by atoms with van der Waals surface area (Å²) >= 11 is 0. The molecule has 106 valence electrons. The molecule has 0 bridgehead atoms. The lowest BCUT2D eigenvalue weighted by Gasteiger charge is -2.23. The fourth-order valence-electron chi connectivity index (χ4n) is 2.57. The van der Waals surface area contributed by atoms with E-state index in [9.17, 15) is 13.2 Å². The van der Waals surface area contributed by atoms with Crippen LogP contribution in [0, 0.1) is 5.92 Å². The maximum Gasteiger partial charge on any atom is 0.416 e. The quantitative estimate of drug-likeness (QED) is 0.910. The van der Waals surface area contributed by atoms with Gasteiger partial charge in [0.2, 0.25) is 0 Å². The van der Waals surface area contributed by atoms with Crippen LogP contribution in [0.25, 0.3) is 0 Å². The van der Waals surface area contributed by atoms with Gasteiger partial charge in [-0.1, -0.05) is 12.1 Å². The lowest BCUT2D eigenvalue weighted by atomic mass is 9.85. The Morgan fingerprint density at radius 2 is 2.00 bits per heavy atom. The van der Waals surface area contributed by atoms with Gasteiger partial charge in [-0.3, -0.25) is 0 Å². The monoisotopic (exact) mass is 273 g/mol. The Bertz CT molecular complexity index is 396. The first-order valence-corrected chi connectivity index (χ1v) is 6.42. The second-order valence-corrected chi connectivity index (χ2v) is 4.91. The highest BCUT2D eigenvalue weighted by Crippen LogP contribution is 2.33. The molecule has 1 N–H and O–H groups in total. The second-order valence-electron chi connectivity index (χ2n) is 4.91. The molecule has 1 aromatic carbocycles. The van der Waals surface area contributed by atoms with Crippen LogP contribution in [0.1, 0.15) is 23.5 Å². The largest absolute Gasteiger partial charge is 0.416 e. The zero-order chi connectivity index (χ0) is 13.9. The molecule has 0 amide bonds. The van der Waals surface area contributed by atoms with Crippen molar-refractivity contribution in [3.05, 3.63) is 35.4 Å². The molecular weight excluding hydrogens is 255 g/mol. The maximum atomic E-state index is 12.5. The normalized spacial score (nSPS) is 21.6. The average Bonchev–Trinajstić information content (AvgIpc) is 2.89. The number of alkyl halides is 3. The summed E-state index contributed by atoms with van der Waals surface area (Å²) in [6.07, 6.45) is -3.30. The summed E-state index contributed by atoms with van der Waals surface area (Å²) in [5.41, 5.74) is 0.347. The molecule has 0 aliphatic carbocycles. The third-order valence-electron chi connectivity index (χ3n) is 3.62. The molecule has 5 heteroatoms. The molecule has 1 aliphatic rings. The van der Waals surface area contributed by atoms with Crippen LogP contribution in [-0.2, 0) is 10.9 Å². The van der Waals surface area contributed by atoms with Crippen LogP contribution in [0.2, 0.25) is 0 Å². The standard InChI is InChI=1S/C14H18F3NO/c1-18-8-13(11-6-7-19-9-11)10-2-4-12(5-3-10)14(15,16)17/h2-5,11,13,18H,6-9H2,1H3. The zero-order valence-corrected chi connectivity index (χ0v) is 10.8. The van der Waals surface area contributed by atoms with Crippen LogP contribution in [0.3, 0.4) is 0 Å². The summed E-state index contributed by atoms with van der Waals surface area (Å²) in [5, 5.41) is 3.11. The minimum atomic E-state index is -4.27. The van der Waals surface area contributed by atoms with E-state index >= 15 is 0 Å². The SMILES string of the molecule is CNCC(c1ccc(C(F)(F)F)cc1)C1CCOC1. The van der Waals surface area contributed by atoms with E-state index in [-0.39, 0.29) is 5.92 Å². The van der Waals surface area contributed by atoms with Gasteiger partial charge in [-0.25, -0.2) is 0 Å². The summed E-state index contributed by atoms with van der Waals surface area (Å²) < 4.78 is 43.0. The van der Waals surface area contributed by atoms with Crippen molar-refractivity contribution >= 4 is 0 Å². The highest BCUT2D eigenvalue weighted by Gasteiger charge is 2.31. The Balaban J connectivity index is 2.17. The number of hydrogen-bond donors (Lipinski definition) is 1. The van der Waals surface area contributed by atoms with E-state index in [1.54, 1.807) is 12.1 Å². The zero-order valence-electron chi connectivity index (χ0n) is 10.8. The van der Waals surface area contributed by atoms with Gasteiger partial charge in [0.1, 0.15) is 0 Å². The van der Waals surface area contributed by atoms with Gasteiger partial charge in [0, 0.05) is 19.1 Å². The van der Waals surface area contributed by atoms with Crippen molar-refractivity contribution in [2.75, 3.05) is 26.8 Å². The van der Waals surface area contributed by atoms with Gasteiger partial charge >= 0.3 is 6.18 Å². The van der Waals surface area contributed by atoms with Gasteiger partial charge in [0.05, 0.1) is 12.2 Å². The topological polar surface area (TPSA) is 21.3 Å². The van der Waals surface area contributed by atoms with Gasteiger partial charge in [0.25, 0.3) is 0 Å². The van der Waals surface area contributed by atoms with Crippen molar-refractivity contribution in [3.8, 4) is 0 Å². The van der Waals surface area contributed by atoms with Gasteiger partial charge < -0.3 is 10.1 Å². The fraction of sp³-hybridized carbons (Fsp3) is 0.571. The van der Waals surface area contributed by atoms with Gasteiger partial charge in [0.15, 0.2) is 0 Å². The van der Waals surface area contributed by atoms with E-state index in [0.29, 0.717) is 12.5 Å². The summed E-state index contributed by atoms with van der Waals surface area (Å²) in [5.74, 6) is 0.582. The molecule has 1 aromatic rings. The number of benzene rings is 1. The molecule has 0 aromatic heterocycles. The first kappa shape index (κ1) is 14.3.